The predicted octanol–water partition coefficient (Wildman–Crippen LogP) is 0.928. The highest BCUT2D eigenvalue weighted by atomic mass is 16.5. The first-order valence-corrected chi connectivity index (χ1v) is 6.87. The van der Waals surface area contributed by atoms with Gasteiger partial charge in [-0.05, 0) is 30.5 Å². The Kier molecular flexibility index (Phi) is 4.92. The van der Waals surface area contributed by atoms with Crippen molar-refractivity contribution in [3.8, 4) is 5.75 Å². The first-order valence-electron chi connectivity index (χ1n) is 6.87. The number of rotatable bonds is 5. The molecule has 0 aliphatic carbocycles. The molecule has 1 aliphatic rings. The normalized spacial score (nSPS) is 14.2. The van der Waals surface area contributed by atoms with Crippen LogP contribution in [0.5, 0.6) is 5.75 Å². The Morgan fingerprint density at radius 1 is 1.43 bits per heavy atom. The number of methoxy groups -OCH3 is 1. The van der Waals surface area contributed by atoms with Gasteiger partial charge in [0, 0.05) is 19.4 Å². The van der Waals surface area contributed by atoms with E-state index in [2.05, 4.69) is 15.8 Å². The Balaban J connectivity index is 1.83. The van der Waals surface area contributed by atoms with Crippen molar-refractivity contribution in [2.75, 3.05) is 13.7 Å². The van der Waals surface area contributed by atoms with E-state index < -0.39 is 0 Å². The van der Waals surface area contributed by atoms with Crippen molar-refractivity contribution < 1.29 is 14.3 Å². The number of benzene rings is 1. The van der Waals surface area contributed by atoms with Gasteiger partial charge < -0.3 is 10.1 Å². The second-order valence-corrected chi connectivity index (χ2v) is 4.90. The molecule has 2 rings (SSSR count). The van der Waals surface area contributed by atoms with Crippen LogP contribution >= 0.6 is 0 Å². The van der Waals surface area contributed by atoms with Crippen LogP contribution in [0.2, 0.25) is 0 Å². The molecule has 1 aromatic rings. The summed E-state index contributed by atoms with van der Waals surface area (Å²) in [6.07, 6.45) is 1.43. The van der Waals surface area contributed by atoms with E-state index in [1.807, 2.05) is 25.1 Å². The molecular formula is C15H19N3O3. The van der Waals surface area contributed by atoms with Crippen LogP contribution < -0.4 is 15.5 Å². The van der Waals surface area contributed by atoms with Crippen molar-refractivity contribution in [3.05, 3.63) is 29.3 Å². The Morgan fingerprint density at radius 2 is 2.24 bits per heavy atom. The van der Waals surface area contributed by atoms with Gasteiger partial charge in [-0.1, -0.05) is 12.1 Å². The number of aryl methyl sites for hydroxylation is 1. The van der Waals surface area contributed by atoms with Crippen LogP contribution in [0.3, 0.4) is 0 Å². The van der Waals surface area contributed by atoms with Gasteiger partial charge in [0.1, 0.15) is 11.5 Å². The van der Waals surface area contributed by atoms with Crippen molar-refractivity contribution in [2.24, 2.45) is 5.10 Å². The fourth-order valence-electron chi connectivity index (χ4n) is 2.16. The quantitative estimate of drug-likeness (QED) is 0.846. The smallest absolute Gasteiger partial charge is 0.267 e. The minimum absolute atomic E-state index is 0.153. The Hall–Kier alpha value is -2.37. The third-order valence-electron chi connectivity index (χ3n) is 3.33. The fourth-order valence-corrected chi connectivity index (χ4v) is 2.16. The number of carbonyl (C=O) groups is 2. The van der Waals surface area contributed by atoms with Gasteiger partial charge in [-0.15, -0.1) is 0 Å². The SMILES string of the molecule is COc1ccc(CCNC(=O)C2=NNC(=O)CC2)cc1C. The molecule has 1 aromatic carbocycles. The summed E-state index contributed by atoms with van der Waals surface area (Å²) >= 11 is 0. The highest BCUT2D eigenvalue weighted by Crippen LogP contribution is 2.18. The minimum Gasteiger partial charge on any atom is -0.496 e. The van der Waals surface area contributed by atoms with Crippen molar-refractivity contribution in [3.63, 3.8) is 0 Å². The van der Waals surface area contributed by atoms with Gasteiger partial charge in [-0.25, -0.2) is 5.43 Å². The molecule has 0 fully saturated rings. The monoisotopic (exact) mass is 289 g/mol. The summed E-state index contributed by atoms with van der Waals surface area (Å²) in [5.74, 6) is 0.482. The highest BCUT2D eigenvalue weighted by molar-refractivity contribution is 6.39. The lowest BCUT2D eigenvalue weighted by Gasteiger charge is -2.12. The van der Waals surface area contributed by atoms with E-state index in [0.29, 0.717) is 25.1 Å². The van der Waals surface area contributed by atoms with E-state index in [-0.39, 0.29) is 11.8 Å². The number of hydrazone groups is 1. The van der Waals surface area contributed by atoms with Crippen LogP contribution in [-0.2, 0) is 16.0 Å². The summed E-state index contributed by atoms with van der Waals surface area (Å²) < 4.78 is 5.21. The standard InChI is InChI=1S/C15H19N3O3/c1-10-9-11(3-5-13(10)21-2)7-8-16-15(20)12-4-6-14(19)18-17-12/h3,5,9H,4,6-8H2,1-2H3,(H,16,20)(H,18,19). The minimum atomic E-state index is -0.222. The number of ether oxygens (including phenoxy) is 1. The van der Waals surface area contributed by atoms with Crippen molar-refractivity contribution in [2.45, 2.75) is 26.2 Å². The summed E-state index contributed by atoms with van der Waals surface area (Å²) in [4.78, 5) is 22.8. The van der Waals surface area contributed by atoms with Crippen LogP contribution in [-0.4, -0.2) is 31.2 Å². The number of nitrogens with one attached hydrogen (secondary N) is 2. The van der Waals surface area contributed by atoms with Gasteiger partial charge in [-0.3, -0.25) is 9.59 Å². The topological polar surface area (TPSA) is 79.8 Å². The maximum atomic E-state index is 11.8. The first kappa shape index (κ1) is 15.0. The molecule has 112 valence electrons. The molecule has 1 aliphatic heterocycles. The van der Waals surface area contributed by atoms with Crippen molar-refractivity contribution in [1.29, 1.82) is 0 Å². The number of carbonyl (C=O) groups excluding carboxylic acids is 2. The second-order valence-electron chi connectivity index (χ2n) is 4.90. The summed E-state index contributed by atoms with van der Waals surface area (Å²) in [5, 5.41) is 6.57. The van der Waals surface area contributed by atoms with E-state index in [0.717, 1.165) is 23.3 Å². The van der Waals surface area contributed by atoms with Gasteiger partial charge in [0.15, 0.2) is 0 Å². The van der Waals surface area contributed by atoms with Crippen LogP contribution in [0.25, 0.3) is 0 Å². The molecule has 0 atom stereocenters. The summed E-state index contributed by atoms with van der Waals surface area (Å²) in [6.45, 7) is 2.51. The van der Waals surface area contributed by atoms with Crippen LogP contribution in [0.15, 0.2) is 23.3 Å². The average molecular weight is 289 g/mol. The molecule has 6 nitrogen and oxygen atoms in total. The molecule has 2 amide bonds. The fraction of sp³-hybridized carbons (Fsp3) is 0.400. The maximum absolute atomic E-state index is 11.8. The number of amides is 2. The van der Waals surface area contributed by atoms with Gasteiger partial charge in [0.25, 0.3) is 5.91 Å². The average Bonchev–Trinajstić information content (AvgIpc) is 2.48. The number of hydrogen-bond donors (Lipinski definition) is 2. The zero-order valence-corrected chi connectivity index (χ0v) is 12.2. The molecule has 0 spiro atoms. The second kappa shape index (κ2) is 6.88. The molecule has 0 saturated heterocycles. The highest BCUT2D eigenvalue weighted by Gasteiger charge is 2.17. The summed E-state index contributed by atoms with van der Waals surface area (Å²) in [7, 11) is 1.64. The molecule has 1 heterocycles. The summed E-state index contributed by atoms with van der Waals surface area (Å²) in [6, 6.07) is 5.95. The molecule has 2 N–H and O–H groups in total. The lowest BCUT2D eigenvalue weighted by Crippen LogP contribution is -2.37. The third kappa shape index (κ3) is 4.05. The lowest BCUT2D eigenvalue weighted by atomic mass is 10.1. The van der Waals surface area contributed by atoms with Crippen LogP contribution in [0, 0.1) is 6.92 Å². The lowest BCUT2D eigenvalue weighted by molar-refractivity contribution is -0.121. The third-order valence-corrected chi connectivity index (χ3v) is 3.33. The largest absolute Gasteiger partial charge is 0.496 e. The number of nitrogens with zero attached hydrogens (tertiary/aromatic N) is 1. The van der Waals surface area contributed by atoms with E-state index in [1.54, 1.807) is 7.11 Å². The van der Waals surface area contributed by atoms with Gasteiger partial charge >= 0.3 is 0 Å². The molecule has 21 heavy (non-hydrogen) atoms. The first-order chi connectivity index (χ1) is 10.1. The van der Waals surface area contributed by atoms with E-state index >= 15 is 0 Å². The number of hydrogen-bond acceptors (Lipinski definition) is 4. The molecule has 0 aromatic heterocycles. The predicted molar refractivity (Wildman–Crippen MR) is 79.3 cm³/mol. The van der Waals surface area contributed by atoms with Crippen LogP contribution in [0.1, 0.15) is 24.0 Å². The summed E-state index contributed by atoms with van der Waals surface area (Å²) in [5.41, 5.74) is 4.89. The van der Waals surface area contributed by atoms with Crippen LogP contribution in [0.4, 0.5) is 0 Å². The van der Waals surface area contributed by atoms with Gasteiger partial charge in [0.2, 0.25) is 5.91 Å². The maximum Gasteiger partial charge on any atom is 0.267 e. The van der Waals surface area contributed by atoms with Crippen molar-refractivity contribution in [1.82, 2.24) is 10.7 Å². The van der Waals surface area contributed by atoms with E-state index in [9.17, 15) is 9.59 Å². The Bertz CT molecular complexity index is 582. The van der Waals surface area contributed by atoms with E-state index in [4.69, 9.17) is 4.74 Å². The van der Waals surface area contributed by atoms with Gasteiger partial charge in [0.05, 0.1) is 7.11 Å². The Labute approximate surface area is 123 Å². The van der Waals surface area contributed by atoms with E-state index in [1.165, 1.54) is 0 Å². The molecule has 0 saturated carbocycles. The molecule has 0 bridgehead atoms. The molecular weight excluding hydrogens is 270 g/mol. The molecule has 0 unspecified atom stereocenters. The molecule has 6 heteroatoms. The Morgan fingerprint density at radius 3 is 2.86 bits per heavy atom. The zero-order valence-electron chi connectivity index (χ0n) is 12.2. The zero-order chi connectivity index (χ0) is 15.2. The van der Waals surface area contributed by atoms with Crippen molar-refractivity contribution >= 4 is 17.5 Å². The molecule has 0 radical (unpaired) electrons. The van der Waals surface area contributed by atoms with Gasteiger partial charge in [-0.2, -0.15) is 5.10 Å².